The van der Waals surface area contributed by atoms with Gasteiger partial charge in [-0.25, -0.2) is 9.59 Å². The van der Waals surface area contributed by atoms with E-state index >= 15 is 0 Å². The Hall–Kier alpha value is -0.790. The average Bonchev–Trinajstić information content (AvgIpc) is 2.85. The second kappa shape index (κ2) is 26.3. The first-order valence-corrected chi connectivity index (χ1v) is 15.3. The number of aliphatic hydroxyl groups excluding tert-OH is 2. The Balaban J connectivity index is 3.60. The monoisotopic (exact) mass is 518 g/mol. The molecule has 0 aliphatic heterocycles. The first kappa shape index (κ1) is 34.2. The van der Waals surface area contributed by atoms with E-state index in [1.54, 1.807) is 0 Å². The van der Waals surface area contributed by atoms with Crippen molar-refractivity contribution in [2.24, 2.45) is 0 Å². The highest BCUT2D eigenvalue weighted by Gasteiger charge is 2.26. The van der Waals surface area contributed by atoms with Crippen LogP contribution >= 0.6 is 11.8 Å². The van der Waals surface area contributed by atoms with Gasteiger partial charge in [0, 0.05) is 0 Å². The molecular formula is C28H54O6S. The zero-order chi connectivity index (χ0) is 26.0. The largest absolute Gasteiger partial charge is 0.463 e. The fourth-order valence-electron chi connectivity index (χ4n) is 3.90. The van der Waals surface area contributed by atoms with Gasteiger partial charge in [-0.15, -0.1) is 0 Å². The molecule has 35 heavy (non-hydrogen) atoms. The molecule has 0 aliphatic rings. The molecule has 0 saturated heterocycles. The Kier molecular flexibility index (Phi) is 25.7. The highest BCUT2D eigenvalue weighted by molar-refractivity contribution is 8.01. The number of rotatable bonds is 26. The van der Waals surface area contributed by atoms with Gasteiger partial charge in [0.05, 0.1) is 13.2 Å². The van der Waals surface area contributed by atoms with E-state index in [1.165, 1.54) is 89.9 Å². The van der Waals surface area contributed by atoms with E-state index < -0.39 is 22.8 Å². The van der Waals surface area contributed by atoms with Crippen LogP contribution in [0.25, 0.3) is 0 Å². The van der Waals surface area contributed by atoms with Crippen LogP contribution in [0.5, 0.6) is 0 Å². The maximum Gasteiger partial charge on any atom is 0.345 e. The summed E-state index contributed by atoms with van der Waals surface area (Å²) in [5, 5.41) is 19.8. The molecule has 0 amide bonds. The van der Waals surface area contributed by atoms with E-state index in [4.69, 9.17) is 9.47 Å². The van der Waals surface area contributed by atoms with E-state index in [0.717, 1.165) is 38.5 Å². The van der Waals surface area contributed by atoms with E-state index in [-0.39, 0.29) is 13.2 Å². The van der Waals surface area contributed by atoms with E-state index in [0.29, 0.717) is 11.8 Å². The third-order valence-electron chi connectivity index (χ3n) is 6.15. The number of carbonyl (C=O) groups is 2. The molecule has 2 atom stereocenters. The van der Waals surface area contributed by atoms with Gasteiger partial charge in [-0.2, -0.15) is 0 Å². The van der Waals surface area contributed by atoms with Crippen LogP contribution in [0.15, 0.2) is 0 Å². The van der Waals surface area contributed by atoms with Crippen LogP contribution in [0.2, 0.25) is 0 Å². The molecule has 0 aromatic rings. The number of unbranched alkanes of at least 4 members (excludes halogenated alkanes) is 18. The van der Waals surface area contributed by atoms with Crippen molar-refractivity contribution in [3.63, 3.8) is 0 Å². The van der Waals surface area contributed by atoms with Crippen molar-refractivity contribution in [1.29, 1.82) is 0 Å². The Morgan fingerprint density at radius 3 is 1.06 bits per heavy atom. The molecule has 2 N–H and O–H groups in total. The first-order valence-electron chi connectivity index (χ1n) is 14.4. The van der Waals surface area contributed by atoms with Gasteiger partial charge in [0.2, 0.25) is 10.9 Å². The van der Waals surface area contributed by atoms with Crippen molar-refractivity contribution in [2.45, 2.75) is 153 Å². The van der Waals surface area contributed by atoms with Crippen molar-refractivity contribution in [3.8, 4) is 0 Å². The van der Waals surface area contributed by atoms with Crippen molar-refractivity contribution in [1.82, 2.24) is 0 Å². The molecule has 0 saturated carbocycles. The number of aliphatic hydroxyl groups is 2. The van der Waals surface area contributed by atoms with Gasteiger partial charge in [0.15, 0.2) is 0 Å². The lowest BCUT2D eigenvalue weighted by atomic mass is 10.1. The molecule has 2 unspecified atom stereocenters. The summed E-state index contributed by atoms with van der Waals surface area (Å²) in [5.41, 5.74) is -3.20. The van der Waals surface area contributed by atoms with Crippen LogP contribution in [0.1, 0.15) is 142 Å². The lowest BCUT2D eigenvalue weighted by molar-refractivity contribution is -0.149. The summed E-state index contributed by atoms with van der Waals surface area (Å²) >= 11 is 0.444. The van der Waals surface area contributed by atoms with Crippen LogP contribution in [-0.4, -0.2) is 46.2 Å². The topological polar surface area (TPSA) is 93.1 Å². The molecule has 208 valence electrons. The summed E-state index contributed by atoms with van der Waals surface area (Å²) in [5.74, 6) is -1.65. The van der Waals surface area contributed by atoms with Crippen molar-refractivity contribution < 1.29 is 29.3 Å². The molecule has 0 fully saturated rings. The SMILES string of the molecule is CCCCCCCCCCCCOC(=O)C(O)SC(O)C(=O)OCCCCCCCCCCCC. The number of ether oxygens (including phenoxy) is 2. The molecule has 7 heteroatoms. The minimum atomic E-state index is -1.60. The fraction of sp³-hybridized carbons (Fsp3) is 0.929. The molecule has 0 heterocycles. The van der Waals surface area contributed by atoms with Gasteiger partial charge < -0.3 is 19.7 Å². The number of hydrogen-bond donors (Lipinski definition) is 2. The predicted molar refractivity (Wildman–Crippen MR) is 145 cm³/mol. The lowest BCUT2D eigenvalue weighted by Gasteiger charge is -2.14. The average molecular weight is 519 g/mol. The molecule has 6 nitrogen and oxygen atoms in total. The zero-order valence-electron chi connectivity index (χ0n) is 22.6. The standard InChI is InChI=1S/C28H54O6S/c1-3-5-7-9-11-13-15-17-19-21-23-33-25(29)27(31)35-28(32)26(30)34-24-22-20-18-16-14-12-10-8-6-4-2/h27-28,31-32H,3-24H2,1-2H3. The summed E-state index contributed by atoms with van der Waals surface area (Å²) in [6, 6.07) is 0. The van der Waals surface area contributed by atoms with Crippen LogP contribution in [0.4, 0.5) is 0 Å². The number of thioether (sulfide) groups is 1. The third kappa shape index (κ3) is 23.4. The summed E-state index contributed by atoms with van der Waals surface area (Å²) in [6.45, 7) is 4.93. The van der Waals surface area contributed by atoms with Gasteiger partial charge in [0.1, 0.15) is 0 Å². The van der Waals surface area contributed by atoms with Crippen molar-refractivity contribution in [2.75, 3.05) is 13.2 Å². The third-order valence-corrected chi connectivity index (χ3v) is 7.05. The van der Waals surface area contributed by atoms with E-state index in [1.807, 2.05) is 0 Å². The van der Waals surface area contributed by atoms with Gasteiger partial charge in [-0.05, 0) is 12.8 Å². The summed E-state index contributed by atoms with van der Waals surface area (Å²) < 4.78 is 10.1. The fourth-order valence-corrected chi connectivity index (χ4v) is 4.50. The Labute approximate surface area is 219 Å². The van der Waals surface area contributed by atoms with Gasteiger partial charge in [0.25, 0.3) is 0 Å². The molecule has 0 aliphatic carbocycles. The summed E-state index contributed by atoms with van der Waals surface area (Å²) in [6.07, 6.45) is 23.7. The Morgan fingerprint density at radius 2 is 0.771 bits per heavy atom. The highest BCUT2D eigenvalue weighted by atomic mass is 32.2. The van der Waals surface area contributed by atoms with Crippen molar-refractivity contribution in [3.05, 3.63) is 0 Å². The van der Waals surface area contributed by atoms with E-state index in [2.05, 4.69) is 13.8 Å². The number of esters is 2. The second-order valence-corrected chi connectivity index (χ2v) is 10.7. The summed E-state index contributed by atoms with van der Waals surface area (Å²) in [7, 11) is 0. The van der Waals surface area contributed by atoms with Gasteiger partial charge in [-0.1, -0.05) is 141 Å². The molecule has 0 rings (SSSR count). The first-order chi connectivity index (χ1) is 17.0. The second-order valence-electron chi connectivity index (χ2n) is 9.54. The molecule has 0 aromatic heterocycles. The van der Waals surface area contributed by atoms with Crippen LogP contribution in [-0.2, 0) is 19.1 Å². The lowest BCUT2D eigenvalue weighted by Crippen LogP contribution is -2.28. The quantitative estimate of drug-likeness (QED) is 0.0705. The zero-order valence-corrected chi connectivity index (χ0v) is 23.5. The maximum absolute atomic E-state index is 11.9. The van der Waals surface area contributed by atoms with Crippen LogP contribution in [0.3, 0.4) is 0 Å². The van der Waals surface area contributed by atoms with E-state index in [9.17, 15) is 19.8 Å². The molecule has 0 bridgehead atoms. The predicted octanol–water partition coefficient (Wildman–Crippen LogP) is 7.28. The molecular weight excluding hydrogens is 464 g/mol. The van der Waals surface area contributed by atoms with Crippen LogP contribution < -0.4 is 0 Å². The minimum absolute atomic E-state index is 0.242. The van der Waals surface area contributed by atoms with Crippen molar-refractivity contribution >= 4 is 23.7 Å². The molecule has 0 radical (unpaired) electrons. The normalized spacial score (nSPS) is 12.9. The highest BCUT2D eigenvalue weighted by Crippen LogP contribution is 2.18. The van der Waals surface area contributed by atoms with Gasteiger partial charge in [-0.3, -0.25) is 0 Å². The minimum Gasteiger partial charge on any atom is -0.463 e. The maximum atomic E-state index is 11.9. The smallest absolute Gasteiger partial charge is 0.345 e. The van der Waals surface area contributed by atoms with Gasteiger partial charge >= 0.3 is 11.9 Å². The molecule has 0 aromatic carbocycles. The Morgan fingerprint density at radius 1 is 0.514 bits per heavy atom. The number of hydrogen-bond acceptors (Lipinski definition) is 7. The molecule has 0 spiro atoms. The Bertz CT molecular complexity index is 446. The number of carbonyl (C=O) groups excluding carboxylic acids is 2. The van der Waals surface area contributed by atoms with Crippen LogP contribution in [0, 0.1) is 0 Å². The summed E-state index contributed by atoms with van der Waals surface area (Å²) in [4.78, 5) is 23.7.